The molecule has 0 aliphatic carbocycles. The Hall–Kier alpha value is -1.77. The lowest BCUT2D eigenvalue weighted by Crippen LogP contribution is -1.82. The number of hydrogen-bond acceptors (Lipinski definition) is 1. The minimum Gasteiger partial charge on any atom is -0.455 e. The van der Waals surface area contributed by atoms with Gasteiger partial charge >= 0.3 is 0 Å². The van der Waals surface area contributed by atoms with Gasteiger partial charge in [0.05, 0.1) is 0 Å². The Labute approximate surface area is 135 Å². The van der Waals surface area contributed by atoms with Gasteiger partial charge in [-0.25, -0.2) is 0 Å². The zero-order chi connectivity index (χ0) is 14.4. The van der Waals surface area contributed by atoms with Crippen LogP contribution in [0, 0.1) is 0 Å². The van der Waals surface area contributed by atoms with Crippen LogP contribution in [0.4, 0.5) is 0 Å². The van der Waals surface area contributed by atoms with Crippen LogP contribution in [0.5, 0.6) is 0 Å². The molecule has 102 valence electrons. The molecule has 0 bridgehead atoms. The monoisotopic (exact) mass is 356 g/mol. The summed E-state index contributed by atoms with van der Waals surface area (Å²) < 4.78 is 7.03. The predicted molar refractivity (Wildman–Crippen MR) is 91.9 cm³/mol. The lowest BCUT2D eigenvalue weighted by atomic mass is 10.0. The zero-order valence-corrected chi connectivity index (χ0v) is 13.3. The fourth-order valence-electron chi connectivity index (χ4n) is 2.70. The van der Waals surface area contributed by atoms with E-state index in [1.54, 1.807) is 0 Å². The number of rotatable bonds is 1. The normalized spacial score (nSPS) is 11.3. The van der Waals surface area contributed by atoms with E-state index >= 15 is 0 Å². The molecule has 4 aromatic rings. The Bertz CT molecular complexity index is 951. The highest BCUT2D eigenvalue weighted by atomic mass is 79.9. The van der Waals surface area contributed by atoms with Gasteiger partial charge in [0.1, 0.15) is 11.2 Å². The highest BCUT2D eigenvalue weighted by Gasteiger charge is 2.15. The van der Waals surface area contributed by atoms with E-state index in [1.807, 2.05) is 48.5 Å². The van der Waals surface area contributed by atoms with Crippen molar-refractivity contribution in [3.8, 4) is 11.1 Å². The molecule has 3 heteroatoms. The highest BCUT2D eigenvalue weighted by molar-refractivity contribution is 9.10. The van der Waals surface area contributed by atoms with Crippen molar-refractivity contribution in [1.82, 2.24) is 0 Å². The summed E-state index contributed by atoms with van der Waals surface area (Å²) >= 11 is 9.98. The molecular weight excluding hydrogens is 348 g/mol. The largest absolute Gasteiger partial charge is 0.455 e. The summed E-state index contributed by atoms with van der Waals surface area (Å²) in [5, 5.41) is 2.93. The van der Waals surface area contributed by atoms with Gasteiger partial charge in [-0.1, -0.05) is 70.0 Å². The van der Waals surface area contributed by atoms with E-state index in [0.29, 0.717) is 5.02 Å². The molecule has 4 rings (SSSR count). The summed E-state index contributed by atoms with van der Waals surface area (Å²) in [6.45, 7) is 0. The van der Waals surface area contributed by atoms with Crippen molar-refractivity contribution in [1.29, 1.82) is 0 Å². The van der Waals surface area contributed by atoms with Gasteiger partial charge in [-0.05, 0) is 18.2 Å². The first-order valence-electron chi connectivity index (χ1n) is 6.60. The molecule has 0 unspecified atom stereocenters. The van der Waals surface area contributed by atoms with Crippen LogP contribution in [-0.2, 0) is 0 Å². The van der Waals surface area contributed by atoms with Crippen molar-refractivity contribution in [2.45, 2.75) is 0 Å². The molecule has 3 aromatic carbocycles. The Morgan fingerprint density at radius 2 is 1.57 bits per heavy atom. The van der Waals surface area contributed by atoms with Crippen LogP contribution in [0.3, 0.4) is 0 Å². The van der Waals surface area contributed by atoms with Gasteiger partial charge in [0.25, 0.3) is 0 Å². The maximum atomic E-state index is 6.39. The van der Waals surface area contributed by atoms with Crippen molar-refractivity contribution >= 4 is 49.5 Å². The minimum atomic E-state index is 0.706. The first-order valence-corrected chi connectivity index (χ1v) is 7.77. The first-order chi connectivity index (χ1) is 10.3. The van der Waals surface area contributed by atoms with E-state index in [1.165, 1.54) is 0 Å². The molecule has 0 N–H and O–H groups in total. The first kappa shape index (κ1) is 12.9. The third kappa shape index (κ3) is 1.98. The molecule has 1 heterocycles. The minimum absolute atomic E-state index is 0.706. The quantitative estimate of drug-likeness (QED) is 0.371. The molecule has 0 radical (unpaired) electrons. The molecule has 0 saturated heterocycles. The van der Waals surface area contributed by atoms with Gasteiger partial charge in [0.2, 0.25) is 0 Å². The molecule has 0 spiro atoms. The fraction of sp³-hybridized carbons (Fsp3) is 0. The number of benzene rings is 3. The highest BCUT2D eigenvalue weighted by Crippen LogP contribution is 2.41. The molecular formula is C18H10BrClO. The third-order valence-corrected chi connectivity index (χ3v) is 4.61. The average Bonchev–Trinajstić information content (AvgIpc) is 2.87. The second kappa shape index (κ2) is 4.90. The van der Waals surface area contributed by atoms with Crippen molar-refractivity contribution < 1.29 is 4.42 Å². The number of hydrogen-bond donors (Lipinski definition) is 0. The van der Waals surface area contributed by atoms with E-state index < -0.39 is 0 Å². The van der Waals surface area contributed by atoms with Crippen LogP contribution in [0.15, 0.2) is 69.6 Å². The fourth-order valence-corrected chi connectivity index (χ4v) is 3.67. The van der Waals surface area contributed by atoms with Crippen LogP contribution < -0.4 is 0 Å². The molecule has 0 aliphatic rings. The van der Waals surface area contributed by atoms with Crippen LogP contribution in [-0.4, -0.2) is 0 Å². The number of halogens is 2. The van der Waals surface area contributed by atoms with Crippen LogP contribution in [0.2, 0.25) is 5.02 Å². The van der Waals surface area contributed by atoms with Gasteiger partial charge < -0.3 is 4.42 Å². The van der Waals surface area contributed by atoms with E-state index in [9.17, 15) is 0 Å². The lowest BCUT2D eigenvalue weighted by Gasteiger charge is -2.07. The maximum absolute atomic E-state index is 6.39. The lowest BCUT2D eigenvalue weighted by molar-refractivity contribution is 0.670. The van der Waals surface area contributed by atoms with E-state index in [2.05, 4.69) is 28.1 Å². The Balaban J connectivity index is 2.15. The van der Waals surface area contributed by atoms with Gasteiger partial charge in [-0.2, -0.15) is 0 Å². The predicted octanol–water partition coefficient (Wildman–Crippen LogP) is 6.67. The van der Waals surface area contributed by atoms with E-state index in [-0.39, 0.29) is 0 Å². The van der Waals surface area contributed by atoms with Crippen molar-refractivity contribution in [3.05, 3.63) is 70.2 Å². The topological polar surface area (TPSA) is 13.1 Å². The average molecular weight is 358 g/mol. The molecule has 0 saturated carbocycles. The SMILES string of the molecule is Clc1cccc(Br)c1-c1cccc2c1oc1ccccc12. The second-order valence-corrected chi connectivity index (χ2v) is 6.14. The standard InChI is InChI=1S/C18H10BrClO/c19-14-8-4-9-15(20)17(14)13-7-3-6-12-11-5-1-2-10-16(11)21-18(12)13/h1-10H. The van der Waals surface area contributed by atoms with Crippen molar-refractivity contribution in [2.75, 3.05) is 0 Å². The van der Waals surface area contributed by atoms with Crippen molar-refractivity contribution in [2.24, 2.45) is 0 Å². The molecule has 0 aliphatic heterocycles. The summed E-state index contributed by atoms with van der Waals surface area (Å²) in [6, 6.07) is 20.0. The molecule has 0 fully saturated rings. The number of fused-ring (bicyclic) bond motifs is 3. The molecule has 0 amide bonds. The molecule has 0 atom stereocenters. The van der Waals surface area contributed by atoms with Crippen LogP contribution >= 0.6 is 27.5 Å². The van der Waals surface area contributed by atoms with Gasteiger partial charge in [-0.15, -0.1) is 0 Å². The van der Waals surface area contributed by atoms with Gasteiger partial charge in [-0.3, -0.25) is 0 Å². The molecule has 1 aromatic heterocycles. The van der Waals surface area contributed by atoms with Gasteiger partial charge in [0, 0.05) is 31.4 Å². The summed E-state index contributed by atoms with van der Waals surface area (Å²) in [5.41, 5.74) is 3.72. The second-order valence-electron chi connectivity index (χ2n) is 4.88. The Morgan fingerprint density at radius 1 is 0.810 bits per heavy atom. The molecule has 1 nitrogen and oxygen atoms in total. The number of furan rings is 1. The molecule has 21 heavy (non-hydrogen) atoms. The van der Waals surface area contributed by atoms with E-state index in [4.69, 9.17) is 16.0 Å². The van der Waals surface area contributed by atoms with Gasteiger partial charge in [0.15, 0.2) is 0 Å². The summed E-state index contributed by atoms with van der Waals surface area (Å²) in [5.74, 6) is 0. The summed E-state index contributed by atoms with van der Waals surface area (Å²) in [4.78, 5) is 0. The summed E-state index contributed by atoms with van der Waals surface area (Å²) in [7, 11) is 0. The van der Waals surface area contributed by atoms with Crippen molar-refractivity contribution in [3.63, 3.8) is 0 Å². The maximum Gasteiger partial charge on any atom is 0.143 e. The Kier molecular flexibility index (Phi) is 3.02. The number of para-hydroxylation sites is 2. The van der Waals surface area contributed by atoms with E-state index in [0.717, 1.165) is 37.5 Å². The van der Waals surface area contributed by atoms with Crippen LogP contribution in [0.25, 0.3) is 33.1 Å². The summed E-state index contributed by atoms with van der Waals surface area (Å²) in [6.07, 6.45) is 0. The zero-order valence-electron chi connectivity index (χ0n) is 10.9. The third-order valence-electron chi connectivity index (χ3n) is 3.64. The smallest absolute Gasteiger partial charge is 0.143 e. The Morgan fingerprint density at radius 3 is 2.43 bits per heavy atom. The van der Waals surface area contributed by atoms with Crippen LogP contribution in [0.1, 0.15) is 0 Å².